The second-order valence-electron chi connectivity index (χ2n) is 6.72. The summed E-state index contributed by atoms with van der Waals surface area (Å²) in [6.45, 7) is 0.217. The lowest BCUT2D eigenvalue weighted by molar-refractivity contribution is -0.137. The molecule has 0 radical (unpaired) electrons. The number of carbonyl (C=O) groups is 5. The Kier molecular flexibility index (Phi) is 5.59. The predicted octanol–water partition coefficient (Wildman–Crippen LogP) is -0.533. The Morgan fingerprint density at radius 3 is 2.45 bits per heavy atom. The Balaban J connectivity index is 1.94. The summed E-state index contributed by atoms with van der Waals surface area (Å²) in [5, 5.41) is 11.0. The van der Waals surface area contributed by atoms with Gasteiger partial charge in [-0.25, -0.2) is 4.39 Å². The van der Waals surface area contributed by atoms with Crippen LogP contribution in [0.15, 0.2) is 12.1 Å². The number of nitrogens with zero attached hydrogens (tertiary/aromatic N) is 2. The molecule has 0 spiro atoms. The first kappa shape index (κ1) is 20.4. The number of piperidine rings is 1. The summed E-state index contributed by atoms with van der Waals surface area (Å²) in [6.07, 6.45) is -0.307. The molecule has 0 bridgehead atoms. The molecule has 10 nitrogen and oxygen atoms in total. The first-order valence-electron chi connectivity index (χ1n) is 8.96. The monoisotopic (exact) mass is 406 g/mol. The minimum absolute atomic E-state index is 0.0105. The molecule has 11 heteroatoms. The van der Waals surface area contributed by atoms with Gasteiger partial charge in [0.2, 0.25) is 11.8 Å². The molecule has 1 aromatic rings. The minimum atomic E-state index is -1.15. The van der Waals surface area contributed by atoms with E-state index in [0.717, 1.165) is 11.0 Å². The first-order chi connectivity index (χ1) is 13.7. The maximum absolute atomic E-state index is 14.7. The highest BCUT2D eigenvalue weighted by Crippen LogP contribution is 2.32. The zero-order valence-corrected chi connectivity index (χ0v) is 15.3. The van der Waals surface area contributed by atoms with Crippen molar-refractivity contribution >= 4 is 35.3 Å². The molecule has 154 valence electrons. The Labute approximate surface area is 164 Å². The van der Waals surface area contributed by atoms with Crippen molar-refractivity contribution in [3.8, 4) is 0 Å². The van der Waals surface area contributed by atoms with E-state index < -0.39 is 41.5 Å². The van der Waals surface area contributed by atoms with Crippen LogP contribution in [0.5, 0.6) is 0 Å². The summed E-state index contributed by atoms with van der Waals surface area (Å²) >= 11 is 0. The van der Waals surface area contributed by atoms with Crippen LogP contribution in [0.3, 0.4) is 0 Å². The maximum atomic E-state index is 14.7. The number of carbonyl (C=O) groups excluding carboxylic acids is 4. The van der Waals surface area contributed by atoms with Crippen molar-refractivity contribution in [2.24, 2.45) is 5.73 Å². The normalized spacial score (nSPS) is 18.7. The lowest BCUT2D eigenvalue weighted by Gasteiger charge is -2.27. The zero-order valence-electron chi connectivity index (χ0n) is 15.3. The highest BCUT2D eigenvalue weighted by Gasteiger charge is 2.45. The van der Waals surface area contributed by atoms with E-state index in [1.54, 1.807) is 0 Å². The number of aliphatic carboxylic acids is 1. The van der Waals surface area contributed by atoms with Crippen molar-refractivity contribution in [2.75, 3.05) is 24.5 Å². The quantitative estimate of drug-likeness (QED) is 0.511. The van der Waals surface area contributed by atoms with Gasteiger partial charge in [0.1, 0.15) is 11.9 Å². The lowest BCUT2D eigenvalue weighted by Crippen LogP contribution is -2.54. The van der Waals surface area contributed by atoms with Gasteiger partial charge in [0.25, 0.3) is 11.8 Å². The molecule has 0 aliphatic carbocycles. The molecule has 1 aromatic carbocycles. The van der Waals surface area contributed by atoms with Crippen molar-refractivity contribution in [1.29, 1.82) is 0 Å². The van der Waals surface area contributed by atoms with Crippen LogP contribution < -0.4 is 16.0 Å². The number of carboxylic acids is 1. The van der Waals surface area contributed by atoms with E-state index in [0.29, 0.717) is 0 Å². The van der Waals surface area contributed by atoms with Crippen molar-refractivity contribution in [2.45, 2.75) is 25.3 Å². The molecule has 1 unspecified atom stereocenters. The van der Waals surface area contributed by atoms with Crippen LogP contribution in [0.2, 0.25) is 0 Å². The van der Waals surface area contributed by atoms with E-state index in [1.807, 2.05) is 0 Å². The highest BCUT2D eigenvalue weighted by atomic mass is 19.1. The number of benzene rings is 1. The summed E-state index contributed by atoms with van der Waals surface area (Å²) in [5.74, 6) is -4.74. The van der Waals surface area contributed by atoms with Gasteiger partial charge in [-0.1, -0.05) is 0 Å². The van der Waals surface area contributed by atoms with Gasteiger partial charge >= 0.3 is 5.97 Å². The lowest BCUT2D eigenvalue weighted by atomic mass is 10.0. The standard InChI is InChI=1S/C18H19FN4O6/c19-11-7-9-10(8-13(11)22(6-4-20)5-3-15(25)26)18(29)23(17(9)28)12-1-2-14(24)21-16(12)27/h7-8,12H,1-6,20H2,(H,25,26)(H,21,24,27). The first-order valence-corrected chi connectivity index (χ1v) is 8.96. The molecule has 3 rings (SSSR count). The van der Waals surface area contributed by atoms with E-state index in [9.17, 15) is 28.4 Å². The molecule has 1 saturated heterocycles. The second-order valence-corrected chi connectivity index (χ2v) is 6.72. The molecule has 29 heavy (non-hydrogen) atoms. The van der Waals surface area contributed by atoms with E-state index in [-0.39, 0.29) is 55.7 Å². The van der Waals surface area contributed by atoms with Gasteiger partial charge in [-0.15, -0.1) is 0 Å². The van der Waals surface area contributed by atoms with E-state index >= 15 is 0 Å². The van der Waals surface area contributed by atoms with Crippen molar-refractivity contribution in [3.63, 3.8) is 0 Å². The van der Waals surface area contributed by atoms with E-state index in [2.05, 4.69) is 5.32 Å². The fraction of sp³-hybridized carbons (Fsp3) is 0.389. The average Bonchev–Trinajstić information content (AvgIpc) is 2.88. The van der Waals surface area contributed by atoms with Crippen molar-refractivity contribution in [1.82, 2.24) is 10.2 Å². The molecule has 2 aliphatic rings. The Morgan fingerprint density at radius 1 is 1.21 bits per heavy atom. The largest absolute Gasteiger partial charge is 0.481 e. The number of imide groups is 2. The van der Waals surface area contributed by atoms with Crippen LogP contribution in [0.1, 0.15) is 40.0 Å². The van der Waals surface area contributed by atoms with Gasteiger partial charge < -0.3 is 15.7 Å². The Bertz CT molecular complexity index is 918. The average molecular weight is 406 g/mol. The van der Waals surface area contributed by atoms with Crippen LogP contribution in [-0.4, -0.2) is 65.3 Å². The van der Waals surface area contributed by atoms with Crippen LogP contribution in [0, 0.1) is 5.82 Å². The number of anilines is 1. The predicted molar refractivity (Wildman–Crippen MR) is 96.6 cm³/mol. The second kappa shape index (κ2) is 7.95. The number of carboxylic acid groups (broad SMARTS) is 1. The molecule has 1 fully saturated rings. The number of nitrogens with two attached hydrogens (primary N) is 1. The molecule has 2 aliphatic heterocycles. The summed E-state index contributed by atoms with van der Waals surface area (Å²) in [5.41, 5.74) is 5.19. The molecule has 1 atom stereocenters. The fourth-order valence-corrected chi connectivity index (χ4v) is 3.46. The van der Waals surface area contributed by atoms with E-state index in [1.165, 1.54) is 11.0 Å². The molecular weight excluding hydrogens is 387 g/mol. The van der Waals surface area contributed by atoms with Gasteiger partial charge in [0.15, 0.2) is 0 Å². The number of hydrogen-bond acceptors (Lipinski definition) is 7. The molecule has 0 saturated carbocycles. The Hall–Kier alpha value is -3.34. The maximum Gasteiger partial charge on any atom is 0.305 e. The topological polar surface area (TPSA) is 150 Å². The number of fused-ring (bicyclic) bond motifs is 1. The van der Waals surface area contributed by atoms with Crippen LogP contribution >= 0.6 is 0 Å². The number of nitrogens with one attached hydrogen (secondary N) is 1. The molecule has 4 amide bonds. The number of amides is 4. The van der Waals surface area contributed by atoms with Gasteiger partial charge in [-0.2, -0.15) is 0 Å². The molecular formula is C18H19FN4O6. The van der Waals surface area contributed by atoms with Crippen molar-refractivity contribution in [3.05, 3.63) is 29.1 Å². The highest BCUT2D eigenvalue weighted by molar-refractivity contribution is 6.23. The van der Waals surface area contributed by atoms with Gasteiger partial charge in [-0.05, 0) is 18.6 Å². The minimum Gasteiger partial charge on any atom is -0.481 e. The smallest absolute Gasteiger partial charge is 0.305 e. The van der Waals surface area contributed by atoms with Crippen LogP contribution in [0.4, 0.5) is 10.1 Å². The number of hydrogen-bond donors (Lipinski definition) is 3. The summed E-state index contributed by atoms with van der Waals surface area (Å²) in [6, 6.07) is 0.925. The third-order valence-corrected chi connectivity index (χ3v) is 4.84. The number of halogens is 1. The van der Waals surface area contributed by atoms with Gasteiger partial charge in [0, 0.05) is 26.1 Å². The zero-order chi connectivity index (χ0) is 21.3. The SMILES string of the molecule is NCCN(CCC(=O)O)c1cc2c(cc1F)C(=O)N(C1CCC(=O)NC1=O)C2=O. The summed E-state index contributed by atoms with van der Waals surface area (Å²) in [7, 11) is 0. The fourth-order valence-electron chi connectivity index (χ4n) is 3.46. The number of rotatable bonds is 7. The van der Waals surface area contributed by atoms with Crippen LogP contribution in [-0.2, 0) is 14.4 Å². The van der Waals surface area contributed by atoms with Crippen LogP contribution in [0.25, 0.3) is 0 Å². The Morgan fingerprint density at radius 2 is 1.86 bits per heavy atom. The third kappa shape index (κ3) is 3.81. The summed E-state index contributed by atoms with van der Waals surface area (Å²) < 4.78 is 14.7. The molecule has 0 aromatic heterocycles. The van der Waals surface area contributed by atoms with Gasteiger partial charge in [0.05, 0.1) is 23.2 Å². The third-order valence-electron chi connectivity index (χ3n) is 4.84. The molecule has 4 N–H and O–H groups in total. The van der Waals surface area contributed by atoms with Gasteiger partial charge in [-0.3, -0.25) is 34.2 Å². The van der Waals surface area contributed by atoms with E-state index in [4.69, 9.17) is 10.8 Å². The molecule has 2 heterocycles. The van der Waals surface area contributed by atoms with Crippen molar-refractivity contribution < 1.29 is 33.5 Å². The summed E-state index contributed by atoms with van der Waals surface area (Å²) in [4.78, 5) is 61.9.